The summed E-state index contributed by atoms with van der Waals surface area (Å²) in [6.07, 6.45) is -29.0. The third-order valence-electron chi connectivity index (χ3n) is 2.05. The van der Waals surface area contributed by atoms with Gasteiger partial charge >= 0.3 is 36.0 Å². The zero-order chi connectivity index (χ0) is 22.5. The van der Waals surface area contributed by atoms with E-state index in [0.717, 1.165) is 0 Å². The Balaban J connectivity index is 7.37. The lowest BCUT2D eigenvalue weighted by molar-refractivity contribution is -0.337. The van der Waals surface area contributed by atoms with Crippen molar-refractivity contribution >= 4 is 15.6 Å². The molecule has 0 fully saturated rings. The minimum absolute atomic E-state index is 0.119. The van der Waals surface area contributed by atoms with Gasteiger partial charge in [-0.1, -0.05) is 0 Å². The number of nitrogens with zero attached hydrogens (tertiary/aromatic N) is 2. The Morgan fingerprint density at radius 2 is 0.889 bits per heavy atom. The van der Waals surface area contributed by atoms with Crippen LogP contribution in [0.4, 0.5) is 70.2 Å². The van der Waals surface area contributed by atoms with E-state index in [9.17, 15) is 74.5 Å². The number of alkyl halides is 16. The SMILES string of the molecule is O=S(N=C(C(F)(F)F)C(F)(F)F)(=NC(F)(C(F)(F)F)C(F)(F)F)C(F)(F)F. The first-order valence-electron chi connectivity index (χ1n) is 5.21. The van der Waals surface area contributed by atoms with Gasteiger partial charge in [-0.2, -0.15) is 79.0 Å². The monoisotopic (exact) mass is 464 g/mol. The van der Waals surface area contributed by atoms with Crippen LogP contribution < -0.4 is 0 Å². The van der Waals surface area contributed by atoms with Crippen molar-refractivity contribution in [1.82, 2.24) is 0 Å². The predicted octanol–water partition coefficient (Wildman–Crippen LogP) is 5.25. The standard InChI is InChI=1S/C7F16N2OS/c8-2(9,10)1(3(11,12)13)24-27(26,7(21,22)23)25-4(14,5(15,16)17)6(18,19)20. The van der Waals surface area contributed by atoms with Crippen molar-refractivity contribution in [2.75, 3.05) is 0 Å². The van der Waals surface area contributed by atoms with Crippen molar-refractivity contribution in [3.63, 3.8) is 0 Å². The lowest BCUT2D eigenvalue weighted by Crippen LogP contribution is -2.53. The molecule has 0 aromatic carbocycles. The summed E-state index contributed by atoms with van der Waals surface area (Å²) < 4.78 is 208. The lowest BCUT2D eigenvalue weighted by Gasteiger charge is -2.27. The molecule has 162 valence electrons. The smallest absolute Gasteiger partial charge is 0.217 e. The van der Waals surface area contributed by atoms with E-state index in [1.165, 1.54) is 0 Å². The largest absolute Gasteiger partial charge is 0.499 e. The van der Waals surface area contributed by atoms with Gasteiger partial charge in [0.05, 0.1) is 0 Å². The molecule has 20 heteroatoms. The molecule has 0 amide bonds. The van der Waals surface area contributed by atoms with Crippen molar-refractivity contribution < 1.29 is 74.5 Å². The third kappa shape index (κ3) is 5.27. The van der Waals surface area contributed by atoms with Crippen LogP contribution >= 0.6 is 0 Å². The quantitative estimate of drug-likeness (QED) is 0.313. The molecule has 3 nitrogen and oxygen atoms in total. The molecule has 0 aromatic heterocycles. The van der Waals surface area contributed by atoms with Crippen molar-refractivity contribution in [3.8, 4) is 0 Å². The van der Waals surface area contributed by atoms with Crippen LogP contribution in [0.1, 0.15) is 0 Å². The molecular weight excluding hydrogens is 464 g/mol. The van der Waals surface area contributed by atoms with Crippen LogP contribution in [0.15, 0.2) is 8.76 Å². The van der Waals surface area contributed by atoms with Gasteiger partial charge in [-0.05, 0) is 0 Å². The topological polar surface area (TPSA) is 41.8 Å². The summed E-state index contributed by atoms with van der Waals surface area (Å²) in [5.41, 5.74) is -12.0. The number of hydrogen-bond acceptors (Lipinski definition) is 2. The minimum atomic E-state index is -8.14. The molecule has 0 rings (SSSR count). The summed E-state index contributed by atoms with van der Waals surface area (Å²) >= 11 is 0. The van der Waals surface area contributed by atoms with Gasteiger partial charge < -0.3 is 0 Å². The van der Waals surface area contributed by atoms with Gasteiger partial charge in [0.1, 0.15) is 0 Å². The molecule has 0 saturated heterocycles. The molecule has 0 aliphatic heterocycles. The first-order valence-corrected chi connectivity index (χ1v) is 6.68. The Bertz CT molecular complexity index is 663. The maximum Gasteiger partial charge on any atom is 0.499 e. The van der Waals surface area contributed by atoms with Gasteiger partial charge in [0.25, 0.3) is 9.92 Å². The summed E-state index contributed by atoms with van der Waals surface area (Å²) in [5, 5.41) is 0. The molecule has 0 heterocycles. The highest BCUT2D eigenvalue weighted by molar-refractivity contribution is 7.93. The molecule has 0 aliphatic rings. The first kappa shape index (κ1) is 25.5. The highest BCUT2D eigenvalue weighted by Crippen LogP contribution is 2.49. The molecule has 0 radical (unpaired) electrons. The fourth-order valence-corrected chi connectivity index (χ4v) is 2.20. The Kier molecular flexibility index (Phi) is 6.17. The third-order valence-corrected chi connectivity index (χ3v) is 3.59. The van der Waals surface area contributed by atoms with Gasteiger partial charge in [0, 0.05) is 0 Å². The molecule has 0 aliphatic carbocycles. The minimum Gasteiger partial charge on any atom is -0.217 e. The zero-order valence-electron chi connectivity index (χ0n) is 11.3. The van der Waals surface area contributed by atoms with Gasteiger partial charge in [-0.25, -0.2) is 4.21 Å². The molecule has 27 heavy (non-hydrogen) atoms. The molecule has 1 unspecified atom stereocenters. The molecule has 1 atom stereocenters. The predicted molar refractivity (Wildman–Crippen MR) is 52.1 cm³/mol. The van der Waals surface area contributed by atoms with Gasteiger partial charge in [0.15, 0.2) is 0 Å². The van der Waals surface area contributed by atoms with E-state index in [4.69, 9.17) is 0 Å². The van der Waals surface area contributed by atoms with E-state index in [-0.39, 0.29) is 4.36 Å². The van der Waals surface area contributed by atoms with E-state index in [1.807, 2.05) is 0 Å². The van der Waals surface area contributed by atoms with Crippen LogP contribution in [0.2, 0.25) is 0 Å². The molecule has 0 aromatic rings. The fraction of sp³-hybridized carbons (Fsp3) is 0.857. The average Bonchev–Trinajstić information content (AvgIpc) is 2.28. The Hall–Kier alpha value is -1.50. The van der Waals surface area contributed by atoms with Crippen LogP contribution in [0.25, 0.3) is 0 Å². The van der Waals surface area contributed by atoms with Gasteiger partial charge in [0.2, 0.25) is 5.71 Å². The lowest BCUT2D eigenvalue weighted by atomic mass is 10.2. The highest BCUT2D eigenvalue weighted by Gasteiger charge is 2.75. The maximum atomic E-state index is 13.1. The van der Waals surface area contributed by atoms with Crippen LogP contribution in [0, 0.1) is 0 Å². The van der Waals surface area contributed by atoms with Crippen LogP contribution in [-0.4, -0.2) is 45.9 Å². The van der Waals surface area contributed by atoms with E-state index < -0.39 is 51.6 Å². The first-order chi connectivity index (χ1) is 11.3. The van der Waals surface area contributed by atoms with Gasteiger partial charge in [-0.3, -0.25) is 0 Å². The number of halogens is 16. The number of rotatable bonds is 2. The van der Waals surface area contributed by atoms with Crippen LogP contribution in [-0.2, 0) is 9.92 Å². The van der Waals surface area contributed by atoms with E-state index >= 15 is 0 Å². The normalized spacial score (nSPS) is 17.3. The second kappa shape index (κ2) is 6.54. The second-order valence-electron chi connectivity index (χ2n) is 4.09. The Labute approximate surface area is 136 Å². The summed E-state index contributed by atoms with van der Waals surface area (Å²) in [6.45, 7) is 0. The molecule has 0 spiro atoms. The van der Waals surface area contributed by atoms with Crippen LogP contribution in [0.3, 0.4) is 0 Å². The van der Waals surface area contributed by atoms with Crippen molar-refractivity contribution in [3.05, 3.63) is 0 Å². The molecular formula is C7F16N2OS. The fourth-order valence-electron chi connectivity index (χ4n) is 0.947. The van der Waals surface area contributed by atoms with E-state index in [2.05, 4.69) is 0 Å². The summed E-state index contributed by atoms with van der Waals surface area (Å²) in [5.74, 6) is -7.46. The van der Waals surface area contributed by atoms with E-state index in [1.54, 1.807) is 0 Å². The van der Waals surface area contributed by atoms with Crippen molar-refractivity contribution in [2.45, 2.75) is 36.0 Å². The number of hydrogen-bond donors (Lipinski definition) is 0. The second-order valence-corrected chi connectivity index (χ2v) is 5.91. The zero-order valence-corrected chi connectivity index (χ0v) is 12.1. The molecule has 0 saturated carbocycles. The highest BCUT2D eigenvalue weighted by atomic mass is 32.2. The summed E-state index contributed by atoms with van der Waals surface area (Å²) in [6, 6.07) is 0. The van der Waals surface area contributed by atoms with Crippen LogP contribution in [0.5, 0.6) is 0 Å². The van der Waals surface area contributed by atoms with Gasteiger partial charge in [-0.15, -0.1) is 0 Å². The average molecular weight is 464 g/mol. The Morgan fingerprint density at radius 3 is 1.07 bits per heavy atom. The molecule has 0 N–H and O–H groups in total. The van der Waals surface area contributed by atoms with Crippen molar-refractivity contribution in [2.24, 2.45) is 8.76 Å². The maximum absolute atomic E-state index is 13.1. The Morgan fingerprint density at radius 1 is 0.593 bits per heavy atom. The van der Waals surface area contributed by atoms with E-state index in [0.29, 0.717) is 4.40 Å². The molecule has 0 bridgehead atoms. The summed E-state index contributed by atoms with van der Waals surface area (Å²) in [7, 11) is -8.14. The van der Waals surface area contributed by atoms with Crippen molar-refractivity contribution in [1.29, 1.82) is 0 Å². The summed E-state index contributed by atoms with van der Waals surface area (Å²) in [4.78, 5) is 0.